The van der Waals surface area contributed by atoms with Crippen molar-refractivity contribution in [3.8, 4) is 5.75 Å². The largest absolute Gasteiger partial charge is 0.497 e. The fourth-order valence-corrected chi connectivity index (χ4v) is 4.24. The Morgan fingerprint density at radius 3 is 2.43 bits per heavy atom. The number of aliphatic imine (C=N–C) groups is 1. The topological polar surface area (TPSA) is 54.9 Å². The van der Waals surface area contributed by atoms with Crippen LogP contribution in [0.4, 0.5) is 0 Å². The van der Waals surface area contributed by atoms with Gasteiger partial charge in [0, 0.05) is 31.2 Å². The van der Waals surface area contributed by atoms with Gasteiger partial charge in [0.25, 0.3) is 0 Å². The molecule has 2 aliphatic rings. The summed E-state index contributed by atoms with van der Waals surface area (Å²) in [4.78, 5) is 5.03. The lowest BCUT2D eigenvalue weighted by molar-refractivity contribution is 0.0531. The van der Waals surface area contributed by atoms with E-state index in [1.54, 1.807) is 7.11 Å². The summed E-state index contributed by atoms with van der Waals surface area (Å²) in [5.41, 5.74) is 1.38. The summed E-state index contributed by atoms with van der Waals surface area (Å²) in [5.74, 6) is 1.86. The van der Waals surface area contributed by atoms with Crippen LogP contribution < -0.4 is 15.4 Å². The summed E-state index contributed by atoms with van der Waals surface area (Å²) in [6.07, 6.45) is 8.53. The number of ether oxygens (including phenoxy) is 2. The van der Waals surface area contributed by atoms with E-state index in [0.717, 1.165) is 50.9 Å². The second-order valence-corrected chi connectivity index (χ2v) is 7.80. The average molecular weight is 501 g/mol. The highest BCUT2D eigenvalue weighted by Crippen LogP contribution is 2.36. The Morgan fingerprint density at radius 2 is 1.82 bits per heavy atom. The standard InChI is InChI=1S/C22H35N3O2.HI/c1-3-23-21(25-19-7-5-4-6-8-19)24-17-22(13-15-27-16-14-22)18-9-11-20(26-2)12-10-18;/h9-12,19H,3-8,13-17H2,1-2H3,(H2,23,24,25);1H. The number of hydrogen-bond donors (Lipinski definition) is 2. The maximum Gasteiger partial charge on any atom is 0.191 e. The molecular formula is C22H36IN3O2. The van der Waals surface area contributed by atoms with Gasteiger partial charge in [0.05, 0.1) is 13.7 Å². The number of guanidine groups is 1. The Hall–Kier alpha value is -1.02. The molecule has 6 heteroatoms. The SMILES string of the molecule is CCNC(=NCC1(c2ccc(OC)cc2)CCOCC1)NC1CCCCC1.I. The molecule has 0 atom stereocenters. The Bertz CT molecular complexity index is 594. The van der Waals surface area contributed by atoms with Crippen LogP contribution >= 0.6 is 24.0 Å². The van der Waals surface area contributed by atoms with E-state index in [0.29, 0.717) is 6.04 Å². The van der Waals surface area contributed by atoms with Gasteiger partial charge in [-0.2, -0.15) is 0 Å². The van der Waals surface area contributed by atoms with Gasteiger partial charge < -0.3 is 20.1 Å². The van der Waals surface area contributed by atoms with E-state index in [2.05, 4.69) is 41.8 Å². The van der Waals surface area contributed by atoms with Crippen LogP contribution in [0.25, 0.3) is 0 Å². The van der Waals surface area contributed by atoms with E-state index in [1.165, 1.54) is 37.7 Å². The minimum Gasteiger partial charge on any atom is -0.497 e. The highest BCUT2D eigenvalue weighted by Gasteiger charge is 2.34. The van der Waals surface area contributed by atoms with E-state index in [4.69, 9.17) is 14.5 Å². The molecule has 0 unspecified atom stereocenters. The van der Waals surface area contributed by atoms with Gasteiger partial charge in [0.2, 0.25) is 0 Å². The first-order valence-corrected chi connectivity index (χ1v) is 10.5. The number of hydrogen-bond acceptors (Lipinski definition) is 3. The minimum atomic E-state index is 0. The normalized spacial score (nSPS) is 20.1. The molecule has 2 N–H and O–H groups in total. The molecule has 3 rings (SSSR count). The van der Waals surface area contributed by atoms with Crippen LogP contribution in [0.2, 0.25) is 0 Å². The third-order valence-corrected chi connectivity index (χ3v) is 5.98. The van der Waals surface area contributed by atoms with Gasteiger partial charge in [-0.3, -0.25) is 4.99 Å². The van der Waals surface area contributed by atoms with Crippen LogP contribution in [-0.4, -0.2) is 45.4 Å². The molecule has 28 heavy (non-hydrogen) atoms. The van der Waals surface area contributed by atoms with Gasteiger partial charge in [0.1, 0.15) is 5.75 Å². The molecule has 0 aromatic heterocycles. The zero-order valence-corrected chi connectivity index (χ0v) is 19.7. The molecule has 158 valence electrons. The van der Waals surface area contributed by atoms with Crippen molar-refractivity contribution in [2.24, 2.45) is 4.99 Å². The Labute approximate surface area is 187 Å². The highest BCUT2D eigenvalue weighted by atomic mass is 127. The second kappa shape index (κ2) is 11.9. The molecule has 1 saturated heterocycles. The molecule has 0 amide bonds. The quantitative estimate of drug-likeness (QED) is 0.348. The van der Waals surface area contributed by atoms with Crippen molar-refractivity contribution in [1.29, 1.82) is 0 Å². The van der Waals surface area contributed by atoms with Gasteiger partial charge >= 0.3 is 0 Å². The van der Waals surface area contributed by atoms with Crippen LogP contribution in [-0.2, 0) is 10.2 Å². The third-order valence-electron chi connectivity index (χ3n) is 5.98. The lowest BCUT2D eigenvalue weighted by Crippen LogP contribution is -2.45. The van der Waals surface area contributed by atoms with Gasteiger partial charge in [0.15, 0.2) is 5.96 Å². The highest BCUT2D eigenvalue weighted by molar-refractivity contribution is 14.0. The van der Waals surface area contributed by atoms with Crippen molar-refractivity contribution in [3.05, 3.63) is 29.8 Å². The lowest BCUT2D eigenvalue weighted by atomic mass is 9.74. The summed E-state index contributed by atoms with van der Waals surface area (Å²) in [7, 11) is 1.71. The van der Waals surface area contributed by atoms with E-state index in [9.17, 15) is 0 Å². The van der Waals surface area contributed by atoms with Crippen molar-refractivity contribution < 1.29 is 9.47 Å². The maximum atomic E-state index is 5.66. The van der Waals surface area contributed by atoms with Crippen LogP contribution in [0.15, 0.2) is 29.3 Å². The number of methoxy groups -OCH3 is 1. The number of nitrogens with zero attached hydrogens (tertiary/aromatic N) is 1. The predicted octanol–water partition coefficient (Wildman–Crippen LogP) is 4.25. The molecule has 1 aliphatic heterocycles. The van der Waals surface area contributed by atoms with Gasteiger partial charge in [-0.15, -0.1) is 24.0 Å². The first-order chi connectivity index (χ1) is 13.3. The Balaban J connectivity index is 0.00000280. The van der Waals surface area contributed by atoms with E-state index >= 15 is 0 Å². The summed E-state index contributed by atoms with van der Waals surface area (Å²) < 4.78 is 11.0. The van der Waals surface area contributed by atoms with E-state index in [1.807, 2.05) is 0 Å². The van der Waals surface area contributed by atoms with Gasteiger partial charge in [-0.1, -0.05) is 31.4 Å². The van der Waals surface area contributed by atoms with Gasteiger partial charge in [-0.05, 0) is 50.3 Å². The Morgan fingerprint density at radius 1 is 1.14 bits per heavy atom. The molecule has 0 bridgehead atoms. The molecule has 1 heterocycles. The Kier molecular flexibility index (Phi) is 9.85. The molecule has 2 fully saturated rings. The predicted molar refractivity (Wildman–Crippen MR) is 126 cm³/mol. The number of rotatable bonds is 6. The molecule has 0 radical (unpaired) electrons. The summed E-state index contributed by atoms with van der Waals surface area (Å²) in [5, 5.41) is 7.12. The van der Waals surface area contributed by atoms with Crippen molar-refractivity contribution in [3.63, 3.8) is 0 Å². The van der Waals surface area contributed by atoms with Crippen LogP contribution in [0, 0.1) is 0 Å². The third kappa shape index (κ3) is 6.24. The second-order valence-electron chi connectivity index (χ2n) is 7.80. The number of benzene rings is 1. The van der Waals surface area contributed by atoms with Crippen LogP contribution in [0.1, 0.15) is 57.4 Å². The number of nitrogens with one attached hydrogen (secondary N) is 2. The van der Waals surface area contributed by atoms with Crippen molar-refractivity contribution in [2.45, 2.75) is 63.3 Å². The first-order valence-electron chi connectivity index (χ1n) is 10.5. The van der Waals surface area contributed by atoms with Crippen LogP contribution in [0.5, 0.6) is 5.75 Å². The average Bonchev–Trinajstić information content (AvgIpc) is 2.74. The maximum absolute atomic E-state index is 5.66. The molecular weight excluding hydrogens is 465 g/mol. The molecule has 1 aromatic carbocycles. The van der Waals surface area contributed by atoms with Crippen molar-refractivity contribution in [1.82, 2.24) is 10.6 Å². The van der Waals surface area contributed by atoms with Crippen molar-refractivity contribution in [2.75, 3.05) is 33.4 Å². The first kappa shape index (κ1) is 23.3. The van der Waals surface area contributed by atoms with Crippen molar-refractivity contribution >= 4 is 29.9 Å². The molecule has 1 aromatic rings. The van der Waals surface area contributed by atoms with E-state index in [-0.39, 0.29) is 29.4 Å². The molecule has 1 aliphatic carbocycles. The summed E-state index contributed by atoms with van der Waals surface area (Å²) >= 11 is 0. The minimum absolute atomic E-state index is 0. The molecule has 1 saturated carbocycles. The lowest BCUT2D eigenvalue weighted by Gasteiger charge is -2.37. The summed E-state index contributed by atoms with van der Waals surface area (Å²) in [6, 6.07) is 9.06. The smallest absolute Gasteiger partial charge is 0.191 e. The monoisotopic (exact) mass is 501 g/mol. The van der Waals surface area contributed by atoms with Crippen LogP contribution in [0.3, 0.4) is 0 Å². The molecule has 5 nitrogen and oxygen atoms in total. The fourth-order valence-electron chi connectivity index (χ4n) is 4.24. The summed E-state index contributed by atoms with van der Waals surface area (Å²) in [6.45, 7) is 5.40. The zero-order valence-electron chi connectivity index (χ0n) is 17.3. The zero-order chi connectivity index (χ0) is 19.0. The fraction of sp³-hybridized carbons (Fsp3) is 0.682. The van der Waals surface area contributed by atoms with E-state index < -0.39 is 0 Å². The molecule has 0 spiro atoms. The van der Waals surface area contributed by atoms with Gasteiger partial charge in [-0.25, -0.2) is 0 Å². The number of halogens is 1.